The second-order valence-corrected chi connectivity index (χ2v) is 4.39. The maximum Gasteiger partial charge on any atom is 0.187 e. The number of rotatable bonds is 3. The highest BCUT2D eigenvalue weighted by atomic mass is 19.1. The summed E-state index contributed by atoms with van der Waals surface area (Å²) in [6.45, 7) is 0. The van der Waals surface area contributed by atoms with Crippen molar-refractivity contribution >= 4 is 5.69 Å². The van der Waals surface area contributed by atoms with E-state index in [4.69, 9.17) is 10.5 Å². The molecule has 2 N–H and O–H groups in total. The van der Waals surface area contributed by atoms with Gasteiger partial charge in [0.25, 0.3) is 0 Å². The second kappa shape index (κ2) is 5.20. The molecule has 3 rings (SSSR count). The van der Waals surface area contributed by atoms with Gasteiger partial charge in [0.05, 0.1) is 12.8 Å². The average molecular weight is 285 g/mol. The Kier molecular flexibility index (Phi) is 3.23. The number of halogens is 1. The Morgan fingerprint density at radius 1 is 1.19 bits per heavy atom. The first-order valence-corrected chi connectivity index (χ1v) is 6.16. The molecule has 0 aliphatic rings. The van der Waals surface area contributed by atoms with Crippen molar-refractivity contribution < 1.29 is 9.13 Å². The van der Waals surface area contributed by atoms with Crippen LogP contribution in [0.25, 0.3) is 17.1 Å². The topological polar surface area (TPSA) is 78.8 Å². The standard InChI is InChI=1S/C14H12FN5O/c1-21-13-6-9(5-11(16)8-13)14-17-18-19-20(14)12-4-2-3-10(15)7-12/h2-8H,16H2,1H3. The van der Waals surface area contributed by atoms with Crippen molar-refractivity contribution in [3.8, 4) is 22.8 Å². The van der Waals surface area contributed by atoms with Crippen LogP contribution >= 0.6 is 0 Å². The summed E-state index contributed by atoms with van der Waals surface area (Å²) < 4.78 is 20.0. The van der Waals surface area contributed by atoms with E-state index in [9.17, 15) is 4.39 Å². The minimum absolute atomic E-state index is 0.362. The van der Waals surface area contributed by atoms with Crippen LogP contribution in [0.5, 0.6) is 5.75 Å². The minimum Gasteiger partial charge on any atom is -0.497 e. The van der Waals surface area contributed by atoms with Crippen molar-refractivity contribution in [2.45, 2.75) is 0 Å². The number of nitrogens with two attached hydrogens (primary N) is 1. The number of anilines is 1. The van der Waals surface area contributed by atoms with Crippen LogP contribution in [-0.4, -0.2) is 27.3 Å². The number of benzene rings is 2. The van der Waals surface area contributed by atoms with Crippen LogP contribution in [-0.2, 0) is 0 Å². The number of aromatic nitrogens is 4. The summed E-state index contributed by atoms with van der Waals surface area (Å²) in [6.07, 6.45) is 0. The number of hydrogen-bond acceptors (Lipinski definition) is 5. The quantitative estimate of drug-likeness (QED) is 0.745. The number of nitrogen functional groups attached to an aromatic ring is 1. The van der Waals surface area contributed by atoms with Gasteiger partial charge < -0.3 is 10.5 Å². The number of hydrogen-bond donors (Lipinski definition) is 1. The SMILES string of the molecule is COc1cc(N)cc(-c2nnnn2-c2cccc(F)c2)c1. The molecule has 0 spiro atoms. The van der Waals surface area contributed by atoms with Crippen LogP contribution in [0.15, 0.2) is 42.5 Å². The molecule has 0 radical (unpaired) electrons. The van der Waals surface area contributed by atoms with Crippen molar-refractivity contribution in [2.75, 3.05) is 12.8 Å². The Morgan fingerprint density at radius 2 is 2.05 bits per heavy atom. The third-order valence-electron chi connectivity index (χ3n) is 2.95. The Bertz CT molecular complexity index is 787. The fourth-order valence-corrected chi connectivity index (χ4v) is 2.02. The molecule has 106 valence electrons. The van der Waals surface area contributed by atoms with Gasteiger partial charge in [0, 0.05) is 17.3 Å². The van der Waals surface area contributed by atoms with Crippen molar-refractivity contribution in [3.05, 3.63) is 48.3 Å². The molecule has 0 fully saturated rings. The van der Waals surface area contributed by atoms with E-state index in [1.807, 2.05) is 0 Å². The van der Waals surface area contributed by atoms with Gasteiger partial charge in [-0.3, -0.25) is 0 Å². The molecule has 0 amide bonds. The zero-order valence-electron chi connectivity index (χ0n) is 11.2. The molecule has 21 heavy (non-hydrogen) atoms. The minimum atomic E-state index is -0.362. The smallest absolute Gasteiger partial charge is 0.187 e. The number of nitrogens with zero attached hydrogens (tertiary/aromatic N) is 4. The highest BCUT2D eigenvalue weighted by molar-refractivity contribution is 5.65. The van der Waals surface area contributed by atoms with Crippen molar-refractivity contribution in [1.82, 2.24) is 20.2 Å². The molecule has 1 aromatic heterocycles. The zero-order chi connectivity index (χ0) is 14.8. The molecule has 0 bridgehead atoms. The van der Waals surface area contributed by atoms with Crippen LogP contribution in [0, 0.1) is 5.82 Å². The molecule has 0 aliphatic carbocycles. The fraction of sp³-hybridized carbons (Fsp3) is 0.0714. The Morgan fingerprint density at radius 3 is 2.81 bits per heavy atom. The van der Waals surface area contributed by atoms with E-state index in [0.717, 1.165) is 0 Å². The van der Waals surface area contributed by atoms with Crippen molar-refractivity contribution in [3.63, 3.8) is 0 Å². The van der Waals surface area contributed by atoms with Crippen LogP contribution in [0.4, 0.5) is 10.1 Å². The van der Waals surface area contributed by atoms with Crippen LogP contribution in [0.3, 0.4) is 0 Å². The molecular weight excluding hydrogens is 273 g/mol. The highest BCUT2D eigenvalue weighted by Gasteiger charge is 2.13. The van der Waals surface area contributed by atoms with E-state index in [2.05, 4.69) is 15.5 Å². The lowest BCUT2D eigenvalue weighted by Crippen LogP contribution is -2.01. The highest BCUT2D eigenvalue weighted by Crippen LogP contribution is 2.26. The molecule has 1 heterocycles. The van der Waals surface area contributed by atoms with Gasteiger partial charge in [0.15, 0.2) is 5.82 Å². The second-order valence-electron chi connectivity index (χ2n) is 4.39. The Hall–Kier alpha value is -2.96. The lowest BCUT2D eigenvalue weighted by atomic mass is 10.1. The molecular formula is C14H12FN5O. The van der Waals surface area contributed by atoms with Crippen LogP contribution < -0.4 is 10.5 Å². The van der Waals surface area contributed by atoms with Gasteiger partial charge in [-0.25, -0.2) is 4.39 Å². The van der Waals surface area contributed by atoms with Crippen LogP contribution in [0.1, 0.15) is 0 Å². The fourth-order valence-electron chi connectivity index (χ4n) is 2.02. The van der Waals surface area contributed by atoms with Gasteiger partial charge in [-0.1, -0.05) is 6.07 Å². The largest absolute Gasteiger partial charge is 0.497 e. The third kappa shape index (κ3) is 2.53. The van der Waals surface area contributed by atoms with Gasteiger partial charge in [-0.15, -0.1) is 5.10 Å². The molecule has 3 aromatic rings. The predicted octanol–water partition coefficient (Wildman–Crippen LogP) is 2.06. The molecule has 6 nitrogen and oxygen atoms in total. The van der Waals surface area contributed by atoms with E-state index in [1.165, 1.54) is 16.8 Å². The van der Waals surface area contributed by atoms with E-state index in [0.29, 0.717) is 28.5 Å². The summed E-state index contributed by atoms with van der Waals surface area (Å²) in [5, 5.41) is 11.5. The zero-order valence-corrected chi connectivity index (χ0v) is 11.2. The van der Waals surface area contributed by atoms with Crippen molar-refractivity contribution in [1.29, 1.82) is 0 Å². The van der Waals surface area contributed by atoms with Crippen LogP contribution in [0.2, 0.25) is 0 Å². The first-order chi connectivity index (χ1) is 10.2. The molecule has 0 unspecified atom stereocenters. The van der Waals surface area contributed by atoms with Gasteiger partial charge in [0.2, 0.25) is 0 Å². The third-order valence-corrected chi connectivity index (χ3v) is 2.95. The maximum absolute atomic E-state index is 13.4. The summed E-state index contributed by atoms with van der Waals surface area (Å²) >= 11 is 0. The molecule has 7 heteroatoms. The maximum atomic E-state index is 13.4. The normalized spacial score (nSPS) is 10.6. The first kappa shape index (κ1) is 13.0. The van der Waals surface area contributed by atoms with Gasteiger partial charge >= 0.3 is 0 Å². The van der Waals surface area contributed by atoms with Crippen molar-refractivity contribution in [2.24, 2.45) is 0 Å². The van der Waals surface area contributed by atoms with Gasteiger partial charge in [0.1, 0.15) is 11.6 Å². The molecule has 0 saturated heterocycles. The molecule has 0 atom stereocenters. The summed E-state index contributed by atoms with van der Waals surface area (Å²) in [4.78, 5) is 0. The van der Waals surface area contributed by atoms with Gasteiger partial charge in [-0.2, -0.15) is 4.68 Å². The van der Waals surface area contributed by atoms with E-state index in [1.54, 1.807) is 37.4 Å². The number of methoxy groups -OCH3 is 1. The summed E-state index contributed by atoms with van der Waals surface area (Å²) in [5.74, 6) is 0.684. The Balaban J connectivity index is 2.13. The average Bonchev–Trinajstić information content (AvgIpc) is 2.96. The summed E-state index contributed by atoms with van der Waals surface area (Å²) in [5.41, 5.74) is 7.57. The first-order valence-electron chi connectivity index (χ1n) is 6.16. The molecule has 0 aliphatic heterocycles. The summed E-state index contributed by atoms with van der Waals surface area (Å²) in [7, 11) is 1.55. The number of tetrazole rings is 1. The lowest BCUT2D eigenvalue weighted by molar-refractivity contribution is 0.415. The van der Waals surface area contributed by atoms with E-state index < -0.39 is 0 Å². The van der Waals surface area contributed by atoms with Gasteiger partial charge in [-0.05, 0) is 40.8 Å². The lowest BCUT2D eigenvalue weighted by Gasteiger charge is -2.07. The summed E-state index contributed by atoms with van der Waals surface area (Å²) in [6, 6.07) is 11.2. The molecule has 0 saturated carbocycles. The Labute approximate surface area is 120 Å². The monoisotopic (exact) mass is 285 g/mol. The molecule has 2 aromatic carbocycles. The number of ether oxygens (including phenoxy) is 1. The van der Waals surface area contributed by atoms with E-state index in [-0.39, 0.29) is 5.82 Å². The van der Waals surface area contributed by atoms with E-state index >= 15 is 0 Å². The predicted molar refractivity (Wildman–Crippen MR) is 75.5 cm³/mol.